The van der Waals surface area contributed by atoms with E-state index in [0.29, 0.717) is 90.9 Å². The van der Waals surface area contributed by atoms with Crippen molar-refractivity contribution in [1.82, 2.24) is 49.5 Å². The predicted molar refractivity (Wildman–Crippen MR) is 312 cm³/mol. The number of aryl methyl sites for hydroxylation is 3. The number of aliphatic hydroxyl groups is 1. The van der Waals surface area contributed by atoms with Crippen LogP contribution in [0.25, 0.3) is 32.7 Å². The molecule has 3 amide bonds. The summed E-state index contributed by atoms with van der Waals surface area (Å²) in [5.41, 5.74) is 4.41. The molecule has 1 fully saturated rings. The Morgan fingerprint density at radius 2 is 0.880 bits per heavy atom. The summed E-state index contributed by atoms with van der Waals surface area (Å²) in [6.07, 6.45) is 12.9. The number of carbonyl (C=O) groups excluding carboxylic acids is 3. The quantitative estimate of drug-likeness (QED) is 0.0684. The van der Waals surface area contributed by atoms with Crippen molar-refractivity contribution in [3.05, 3.63) is 223 Å². The molecule has 9 aromatic rings. The number of amides is 3. The average molecular weight is 1470 g/mol. The second kappa shape index (κ2) is 33.6. The molecule has 1 saturated heterocycles. The van der Waals surface area contributed by atoms with Crippen molar-refractivity contribution < 1.29 is 122 Å². The zero-order valence-electron chi connectivity index (χ0n) is 44.4. The maximum atomic E-state index is 13.0. The third kappa shape index (κ3) is 18.8. The predicted octanol–water partition coefficient (Wildman–Crippen LogP) is 7.67. The van der Waals surface area contributed by atoms with Gasteiger partial charge < -0.3 is 73.7 Å². The molecule has 1 aliphatic rings. The standard InChI is InChI=1S/C22H22ClN4O3.C18H15ClN3O3.C17H12BrClN3O2.CH4.3Y/c1-26-14-19(22(29)25-11-15-2-4-16(23)5-3-15)21(28)18-10-17(24-12-20(18)26)13-27-6-8-30-9-7-27;1-22-9-15(17(24)14-6-13(10-23)20-8-16(14)22)18(25)21-7-11-2-4-12(19)5-3-11;1-22-9-13(16(23)12-6-15(18)20-8-14(12)22)17(24)21-7-10-2-4-11(19)5-3-10;;;;/h2-5,10,14H,6-9,11,13H2,1H3,(H,25,29);2-6,9,23H,7,10H2,1H3,(H,21,25);2-6,9H,7H2,1H3,(H,21,24);1H4;;;/q3*-1;;;;. The first-order chi connectivity index (χ1) is 38.0. The molecule has 0 aliphatic carbocycles. The minimum Gasteiger partial charge on any atom is -0.403 e. The molecule has 0 bridgehead atoms. The Kier molecular flexibility index (Phi) is 28.8. The number of rotatable bonds is 12. The molecule has 3 aromatic carbocycles. The van der Waals surface area contributed by atoms with Gasteiger partial charge in [0.1, 0.15) is 16.3 Å². The normalized spacial score (nSPS) is 11.7. The molecule has 0 spiro atoms. The van der Waals surface area contributed by atoms with Gasteiger partial charge in [0.25, 0.3) is 17.7 Å². The number of morpholine rings is 1. The fourth-order valence-corrected chi connectivity index (χ4v) is 8.97. The van der Waals surface area contributed by atoms with E-state index in [1.54, 1.807) is 95.5 Å². The molecular formula is C58H53BrCl3N10O8Y3-3. The monoisotopic (exact) mass is 1470 g/mol. The number of nitrogens with one attached hydrogen (secondary N) is 3. The Bertz CT molecular complexity index is 3930. The zero-order chi connectivity index (χ0) is 56.3. The second-order valence-corrected chi connectivity index (χ2v) is 20.2. The van der Waals surface area contributed by atoms with Gasteiger partial charge in [-0.05, 0) is 86.5 Å². The Labute approximate surface area is 577 Å². The summed E-state index contributed by atoms with van der Waals surface area (Å²) in [5, 5.41) is 20.5. The van der Waals surface area contributed by atoms with E-state index in [1.165, 1.54) is 24.7 Å². The van der Waals surface area contributed by atoms with E-state index in [0.717, 1.165) is 35.5 Å². The number of pyridine rings is 6. The topological polar surface area (TPSA) is 225 Å². The second-order valence-electron chi connectivity index (χ2n) is 18.1. The third-order valence-electron chi connectivity index (χ3n) is 12.5. The number of aromatic nitrogens is 6. The Morgan fingerprint density at radius 3 is 1.24 bits per heavy atom. The Morgan fingerprint density at radius 1 is 0.554 bits per heavy atom. The van der Waals surface area contributed by atoms with Crippen LogP contribution >= 0.6 is 50.7 Å². The molecule has 3 radical (unpaired) electrons. The molecule has 0 unspecified atom stereocenters. The van der Waals surface area contributed by atoms with Crippen LogP contribution in [0.1, 0.15) is 66.6 Å². The number of benzene rings is 3. The summed E-state index contributed by atoms with van der Waals surface area (Å²) >= 11 is 20.8. The van der Waals surface area contributed by atoms with Crippen LogP contribution in [0.3, 0.4) is 0 Å². The Hall–Kier alpha value is -4.31. The molecule has 83 heavy (non-hydrogen) atoms. The smallest absolute Gasteiger partial charge is 0.255 e. The van der Waals surface area contributed by atoms with Gasteiger partial charge in [0.05, 0.1) is 29.9 Å². The Balaban J connectivity index is 0.000000263. The molecule has 25 heteroatoms. The van der Waals surface area contributed by atoms with Gasteiger partial charge >= 0.3 is 0 Å². The van der Waals surface area contributed by atoms with Crippen LogP contribution in [0.2, 0.25) is 15.1 Å². The van der Waals surface area contributed by atoms with Crippen molar-refractivity contribution in [3.63, 3.8) is 0 Å². The minimum atomic E-state index is -0.472. The molecular weight excluding hydrogens is 1420 g/mol. The SMILES string of the molecule is C.Cn1cc(C(=O)NCc2ccc(Cl)cc2)c(=O)c2cc(Br)n[c-]c21.Cn1cc(C(=O)NCc2ccc(Cl)cc2)c(=O)c2cc(CN3CCOCC3)n[c-]c21.Cn1cc(C(=O)NCc2ccc(Cl)cc2)c(=O)c2cc(CO)n[c-]c21.[Y].[Y].[Y]. The number of ether oxygens (including phenoxy) is 1. The first-order valence-corrected chi connectivity index (χ1v) is 26.3. The molecule has 10 rings (SSSR count). The summed E-state index contributed by atoms with van der Waals surface area (Å²) < 4.78 is 10.8. The van der Waals surface area contributed by atoms with E-state index >= 15 is 0 Å². The molecule has 0 saturated carbocycles. The van der Waals surface area contributed by atoms with Crippen LogP contribution in [-0.2, 0) is 157 Å². The molecule has 6 aromatic heterocycles. The number of hydrogen-bond donors (Lipinski definition) is 4. The summed E-state index contributed by atoms with van der Waals surface area (Å²) in [6.45, 7) is 4.24. The van der Waals surface area contributed by atoms with E-state index in [9.17, 15) is 33.9 Å². The summed E-state index contributed by atoms with van der Waals surface area (Å²) in [4.78, 5) is 90.3. The number of nitrogens with zero attached hydrogens (tertiary/aromatic N) is 7. The molecule has 4 N–H and O–H groups in total. The molecule has 0 atom stereocenters. The zero-order valence-corrected chi connectivity index (χ0v) is 56.8. The number of fused-ring (bicyclic) bond motifs is 3. The van der Waals surface area contributed by atoms with Crippen molar-refractivity contribution in [2.24, 2.45) is 21.1 Å². The van der Waals surface area contributed by atoms with Gasteiger partial charge in [-0.15, -0.1) is 34.1 Å². The molecule has 423 valence electrons. The van der Waals surface area contributed by atoms with Gasteiger partial charge in [-0.1, -0.05) is 119 Å². The van der Waals surface area contributed by atoms with Gasteiger partial charge in [-0.2, -0.15) is 0 Å². The van der Waals surface area contributed by atoms with E-state index < -0.39 is 23.2 Å². The van der Waals surface area contributed by atoms with Crippen LogP contribution in [-0.4, -0.2) is 82.7 Å². The van der Waals surface area contributed by atoms with Crippen molar-refractivity contribution >= 4 is 101 Å². The van der Waals surface area contributed by atoms with Crippen LogP contribution in [0.5, 0.6) is 0 Å². The van der Waals surface area contributed by atoms with E-state index in [-0.39, 0.29) is 146 Å². The van der Waals surface area contributed by atoms with Gasteiger partial charge in [0, 0.05) is 192 Å². The van der Waals surface area contributed by atoms with Crippen molar-refractivity contribution in [1.29, 1.82) is 0 Å². The molecule has 18 nitrogen and oxygen atoms in total. The first kappa shape index (κ1) is 71.2. The van der Waals surface area contributed by atoms with Crippen molar-refractivity contribution in [3.8, 4) is 0 Å². The van der Waals surface area contributed by atoms with Gasteiger partial charge in [-0.25, -0.2) is 0 Å². The molecule has 1 aliphatic heterocycles. The minimum absolute atomic E-state index is 0. The summed E-state index contributed by atoms with van der Waals surface area (Å²) in [6, 6.07) is 26.2. The van der Waals surface area contributed by atoms with Crippen LogP contribution in [0.15, 0.2) is 129 Å². The number of hydrogen-bond acceptors (Lipinski definition) is 12. The number of aliphatic hydroxyl groups excluding tert-OH is 1. The molecule has 7 heterocycles. The van der Waals surface area contributed by atoms with Crippen molar-refractivity contribution in [2.45, 2.75) is 40.2 Å². The average Bonchev–Trinajstić information content (AvgIpc) is 3.46. The van der Waals surface area contributed by atoms with Gasteiger partial charge in [-0.3, -0.25) is 14.4 Å². The fraction of sp³-hybridized carbons (Fsp3) is 0.224. The summed E-state index contributed by atoms with van der Waals surface area (Å²) in [5.74, 6) is -1.32. The van der Waals surface area contributed by atoms with Crippen molar-refractivity contribution in [2.75, 3.05) is 26.3 Å². The first-order valence-electron chi connectivity index (χ1n) is 24.3. The van der Waals surface area contributed by atoms with Crippen LogP contribution in [0, 0.1) is 18.6 Å². The van der Waals surface area contributed by atoms with Gasteiger partial charge in [0.15, 0.2) is 0 Å². The summed E-state index contributed by atoms with van der Waals surface area (Å²) in [7, 11) is 5.22. The van der Waals surface area contributed by atoms with E-state index in [1.807, 2.05) is 24.3 Å². The maximum Gasteiger partial charge on any atom is 0.255 e. The fourth-order valence-electron chi connectivity index (χ4n) is 8.28. The van der Waals surface area contributed by atoms with Crippen LogP contribution in [0.4, 0.5) is 0 Å². The van der Waals surface area contributed by atoms with E-state index in [4.69, 9.17) is 39.5 Å². The van der Waals surface area contributed by atoms with Crippen LogP contribution < -0.4 is 32.2 Å². The number of halogens is 4. The maximum absolute atomic E-state index is 13.0. The largest absolute Gasteiger partial charge is 0.403 e. The van der Waals surface area contributed by atoms with E-state index in [2.05, 4.69) is 70.3 Å². The third-order valence-corrected chi connectivity index (χ3v) is 13.7. The van der Waals surface area contributed by atoms with Gasteiger partial charge in [0.2, 0.25) is 0 Å². The number of carbonyl (C=O) groups is 3.